The Morgan fingerprint density at radius 2 is 1.74 bits per heavy atom. The first kappa shape index (κ1) is 24.0. The van der Waals surface area contributed by atoms with Gasteiger partial charge in [0.2, 0.25) is 0 Å². The molecule has 5 rings (SSSR count). The average Bonchev–Trinajstić information content (AvgIpc) is 3.30. The molecule has 6 heteroatoms. The topological polar surface area (TPSA) is 37.6 Å². The van der Waals surface area contributed by atoms with Gasteiger partial charge in [0.15, 0.2) is 5.17 Å². The number of carbonyl (C=O) groups excluding carboxylic acids is 1. The Hall–Kier alpha value is -2.76. The summed E-state index contributed by atoms with van der Waals surface area (Å²) in [7, 11) is 0. The molecule has 35 heavy (non-hydrogen) atoms. The fourth-order valence-electron chi connectivity index (χ4n) is 5.21. The Bertz CT molecular complexity index is 1290. The number of nitrogens with zero attached hydrogens (tertiary/aromatic N) is 3. The van der Waals surface area contributed by atoms with Crippen LogP contribution in [-0.4, -0.2) is 26.6 Å². The quantitative estimate of drug-likeness (QED) is 0.339. The van der Waals surface area contributed by atoms with Crippen molar-refractivity contribution in [2.75, 3.05) is 0 Å². The highest BCUT2D eigenvalue weighted by Crippen LogP contribution is 2.40. The number of carbonyl (C=O) groups is 1. The van der Waals surface area contributed by atoms with E-state index in [1.54, 1.807) is 0 Å². The molecule has 0 N–H and O–H groups in total. The number of amidine groups is 1. The second kappa shape index (κ2) is 10.1. The molecule has 2 fully saturated rings. The number of aromatic nitrogens is 1. The van der Waals surface area contributed by atoms with Gasteiger partial charge in [0, 0.05) is 28.1 Å². The van der Waals surface area contributed by atoms with E-state index in [4.69, 9.17) is 16.6 Å². The summed E-state index contributed by atoms with van der Waals surface area (Å²) in [6.45, 7) is 6.45. The van der Waals surface area contributed by atoms with E-state index in [1.807, 2.05) is 65.6 Å². The number of benzene rings is 2. The van der Waals surface area contributed by atoms with Crippen molar-refractivity contribution in [2.45, 2.75) is 52.5 Å². The second-order valence-corrected chi connectivity index (χ2v) is 10.9. The van der Waals surface area contributed by atoms with Crippen LogP contribution in [0.1, 0.15) is 49.6 Å². The summed E-state index contributed by atoms with van der Waals surface area (Å²) in [6.07, 6.45) is 6.61. The Kier molecular flexibility index (Phi) is 6.90. The van der Waals surface area contributed by atoms with Crippen molar-refractivity contribution in [3.8, 4) is 5.69 Å². The number of para-hydroxylation sites is 1. The van der Waals surface area contributed by atoms with Gasteiger partial charge in [-0.1, -0.05) is 49.6 Å². The zero-order valence-electron chi connectivity index (χ0n) is 20.4. The van der Waals surface area contributed by atoms with E-state index in [9.17, 15) is 4.79 Å². The smallest absolute Gasteiger partial charge is 0.267 e. The third-order valence-corrected chi connectivity index (χ3v) is 8.29. The van der Waals surface area contributed by atoms with E-state index in [0.29, 0.717) is 10.9 Å². The number of hydrogen-bond donors (Lipinski definition) is 0. The predicted molar refractivity (Wildman–Crippen MR) is 148 cm³/mol. The number of halogens is 1. The highest BCUT2D eigenvalue weighted by molar-refractivity contribution is 8.18. The van der Waals surface area contributed by atoms with Crippen LogP contribution in [0.5, 0.6) is 0 Å². The lowest BCUT2D eigenvalue weighted by Gasteiger charge is -2.35. The molecule has 1 amide bonds. The maximum atomic E-state index is 13.8. The molecule has 2 heterocycles. The van der Waals surface area contributed by atoms with Crippen molar-refractivity contribution < 1.29 is 4.79 Å². The first-order valence-electron chi connectivity index (χ1n) is 12.2. The van der Waals surface area contributed by atoms with Crippen molar-refractivity contribution in [1.29, 1.82) is 0 Å². The zero-order chi connectivity index (χ0) is 24.5. The molecule has 1 saturated carbocycles. The minimum Gasteiger partial charge on any atom is -0.318 e. The summed E-state index contributed by atoms with van der Waals surface area (Å²) in [5.41, 5.74) is 5.19. The molecule has 1 saturated heterocycles. The molecule has 1 aliphatic heterocycles. The molecule has 180 valence electrons. The van der Waals surface area contributed by atoms with Gasteiger partial charge in [-0.05, 0) is 98.5 Å². The third kappa shape index (κ3) is 4.85. The maximum absolute atomic E-state index is 13.8. The molecular weight excluding hydrogens is 474 g/mol. The molecular formula is C29H30ClN3OS. The molecule has 2 atom stereocenters. The standard InChI is InChI=1S/C29H30ClN3OS/c1-19-9-7-8-12-26(19)33-28(34)27(35-29(33)31-24-10-5-4-6-11-24)18-22-17-20(2)32(21(22)3)25-15-13-23(30)14-16-25/h4-6,10-11,13-19,26H,7-9,12H2,1-3H3/b27-18-,31-29?/t19-,26-/m0/s1. The van der Waals surface area contributed by atoms with E-state index in [0.717, 1.165) is 57.7 Å². The Morgan fingerprint density at radius 3 is 2.46 bits per heavy atom. The Labute approximate surface area is 216 Å². The summed E-state index contributed by atoms with van der Waals surface area (Å²) >= 11 is 7.59. The molecule has 3 aromatic rings. The van der Waals surface area contributed by atoms with E-state index in [-0.39, 0.29) is 11.9 Å². The lowest BCUT2D eigenvalue weighted by Crippen LogP contribution is -2.44. The third-order valence-electron chi connectivity index (χ3n) is 7.06. The van der Waals surface area contributed by atoms with Crippen molar-refractivity contribution in [1.82, 2.24) is 9.47 Å². The highest BCUT2D eigenvalue weighted by Gasteiger charge is 2.41. The van der Waals surface area contributed by atoms with Crippen molar-refractivity contribution in [2.24, 2.45) is 10.9 Å². The van der Waals surface area contributed by atoms with Gasteiger partial charge in [0.25, 0.3) is 5.91 Å². The summed E-state index contributed by atoms with van der Waals surface area (Å²) < 4.78 is 2.20. The minimum atomic E-state index is 0.0692. The van der Waals surface area contributed by atoms with Crippen LogP contribution in [-0.2, 0) is 4.79 Å². The van der Waals surface area contributed by atoms with Crippen LogP contribution in [0.4, 0.5) is 5.69 Å². The molecule has 0 radical (unpaired) electrons. The van der Waals surface area contributed by atoms with Gasteiger partial charge in [-0.2, -0.15) is 0 Å². The van der Waals surface area contributed by atoms with Gasteiger partial charge in [-0.25, -0.2) is 4.99 Å². The summed E-state index contributed by atoms with van der Waals surface area (Å²) in [5.74, 6) is 0.531. The Morgan fingerprint density at radius 1 is 1.03 bits per heavy atom. The summed E-state index contributed by atoms with van der Waals surface area (Å²) in [5, 5.41) is 1.51. The minimum absolute atomic E-state index is 0.0692. The van der Waals surface area contributed by atoms with Gasteiger partial charge in [-0.3, -0.25) is 9.69 Å². The number of amides is 1. The SMILES string of the molecule is Cc1cc(/C=C2\SC(=Nc3ccccc3)N([C@H]3CCCC[C@@H]3C)C2=O)c(C)n1-c1ccc(Cl)cc1. The number of hydrogen-bond acceptors (Lipinski definition) is 3. The second-order valence-electron chi connectivity index (χ2n) is 9.48. The van der Waals surface area contributed by atoms with Gasteiger partial charge >= 0.3 is 0 Å². The molecule has 0 bridgehead atoms. The molecule has 2 aliphatic rings. The van der Waals surface area contributed by atoms with E-state index >= 15 is 0 Å². The predicted octanol–water partition coefficient (Wildman–Crippen LogP) is 7.93. The molecule has 0 spiro atoms. The van der Waals surface area contributed by atoms with E-state index in [1.165, 1.54) is 18.2 Å². The van der Waals surface area contributed by atoms with Gasteiger partial charge in [0.1, 0.15) is 0 Å². The average molecular weight is 504 g/mol. The van der Waals surface area contributed by atoms with Crippen LogP contribution in [0, 0.1) is 19.8 Å². The van der Waals surface area contributed by atoms with Crippen LogP contribution in [0.25, 0.3) is 11.8 Å². The first-order chi connectivity index (χ1) is 16.9. The highest BCUT2D eigenvalue weighted by atomic mass is 35.5. The Balaban J connectivity index is 1.53. The number of thioether (sulfide) groups is 1. The van der Waals surface area contributed by atoms with Crippen LogP contribution >= 0.6 is 23.4 Å². The lowest BCUT2D eigenvalue weighted by atomic mass is 9.85. The number of aryl methyl sites for hydroxylation is 1. The normalized spacial score (nSPS) is 23.0. The van der Waals surface area contributed by atoms with E-state index in [2.05, 4.69) is 31.4 Å². The van der Waals surface area contributed by atoms with Crippen molar-refractivity contribution in [3.63, 3.8) is 0 Å². The molecule has 4 nitrogen and oxygen atoms in total. The van der Waals surface area contributed by atoms with Crippen LogP contribution < -0.4 is 0 Å². The fourth-order valence-corrected chi connectivity index (χ4v) is 6.37. The number of aliphatic imine (C=N–C) groups is 1. The maximum Gasteiger partial charge on any atom is 0.267 e. The van der Waals surface area contributed by atoms with Crippen LogP contribution in [0.3, 0.4) is 0 Å². The van der Waals surface area contributed by atoms with E-state index < -0.39 is 0 Å². The zero-order valence-corrected chi connectivity index (χ0v) is 21.9. The van der Waals surface area contributed by atoms with Gasteiger partial charge < -0.3 is 4.57 Å². The van der Waals surface area contributed by atoms with Gasteiger partial charge in [-0.15, -0.1) is 0 Å². The van der Waals surface area contributed by atoms with Crippen molar-refractivity contribution in [3.05, 3.63) is 87.5 Å². The monoisotopic (exact) mass is 503 g/mol. The summed E-state index contributed by atoms with van der Waals surface area (Å²) in [4.78, 5) is 21.4. The molecule has 0 unspecified atom stereocenters. The fraction of sp³-hybridized carbons (Fsp3) is 0.310. The lowest BCUT2D eigenvalue weighted by molar-refractivity contribution is -0.124. The molecule has 1 aliphatic carbocycles. The summed E-state index contributed by atoms with van der Waals surface area (Å²) in [6, 6.07) is 20.1. The number of rotatable bonds is 4. The molecule has 1 aromatic heterocycles. The van der Waals surface area contributed by atoms with Crippen LogP contribution in [0.2, 0.25) is 5.02 Å². The molecule has 2 aromatic carbocycles. The van der Waals surface area contributed by atoms with Crippen LogP contribution in [0.15, 0.2) is 70.6 Å². The largest absolute Gasteiger partial charge is 0.318 e. The van der Waals surface area contributed by atoms with Gasteiger partial charge in [0.05, 0.1) is 10.6 Å². The van der Waals surface area contributed by atoms with Crippen molar-refractivity contribution >= 4 is 46.2 Å². The first-order valence-corrected chi connectivity index (χ1v) is 13.4.